The zero-order chi connectivity index (χ0) is 23.5. The molecule has 176 valence electrons. The normalized spacial score (nSPS) is 16.2. The molecule has 0 saturated carbocycles. The van der Waals surface area contributed by atoms with Crippen LogP contribution in [0.25, 0.3) is 11.0 Å². The Labute approximate surface area is 206 Å². The molecule has 34 heavy (non-hydrogen) atoms. The zero-order valence-corrected chi connectivity index (χ0v) is 20.7. The van der Waals surface area contributed by atoms with Crippen LogP contribution in [-0.4, -0.2) is 51.3 Å². The number of H-pyrrole nitrogens is 1. The number of pyridine rings is 1. The number of aromatic nitrogens is 4. The number of likely N-dealkylation sites (N-methyl/N-ethyl adjacent to an activating group) is 1. The first-order valence-electron chi connectivity index (χ1n) is 11.6. The Bertz CT molecular complexity index is 1280. The SMILES string of the molecule is CCN[C@@H]1CCCN(c2c(Br)cnc3[nH]cc(NC(=O)c4cnn(Cc5ccccc5)c4)c23)C1. The highest BCUT2D eigenvalue weighted by Gasteiger charge is 2.25. The van der Waals surface area contributed by atoms with Gasteiger partial charge in [0.15, 0.2) is 0 Å². The van der Waals surface area contributed by atoms with Gasteiger partial charge in [-0.3, -0.25) is 9.48 Å². The molecule has 1 aliphatic heterocycles. The Morgan fingerprint density at radius 1 is 1.26 bits per heavy atom. The first-order chi connectivity index (χ1) is 16.6. The number of hydrogen-bond acceptors (Lipinski definition) is 5. The molecule has 1 aliphatic rings. The Balaban J connectivity index is 1.39. The molecular weight excluding hydrogens is 494 g/mol. The van der Waals surface area contributed by atoms with Crippen molar-refractivity contribution >= 4 is 44.2 Å². The maximum atomic E-state index is 13.1. The molecule has 1 saturated heterocycles. The standard InChI is InChI=1S/C25H28BrN7O/c1-2-27-19-9-6-10-32(16-19)23-20(26)12-28-24-22(23)21(13-29-24)31-25(34)18-11-30-33(15-18)14-17-7-4-3-5-8-17/h3-5,7-8,11-13,15,19,27H,2,6,9-10,14,16H2,1H3,(H,28,29)(H,31,34)/t19-/m1/s1. The maximum Gasteiger partial charge on any atom is 0.258 e. The molecule has 3 aromatic heterocycles. The minimum atomic E-state index is -0.199. The van der Waals surface area contributed by atoms with E-state index in [1.165, 1.54) is 6.42 Å². The molecule has 8 nitrogen and oxygen atoms in total. The van der Waals surface area contributed by atoms with E-state index in [9.17, 15) is 4.79 Å². The summed E-state index contributed by atoms with van der Waals surface area (Å²) in [4.78, 5) is 23.2. The smallest absolute Gasteiger partial charge is 0.258 e. The predicted molar refractivity (Wildman–Crippen MR) is 138 cm³/mol. The van der Waals surface area contributed by atoms with E-state index in [-0.39, 0.29) is 5.91 Å². The number of nitrogens with zero attached hydrogens (tertiary/aromatic N) is 4. The van der Waals surface area contributed by atoms with Crippen LogP contribution < -0.4 is 15.5 Å². The third-order valence-corrected chi connectivity index (χ3v) is 6.77. The van der Waals surface area contributed by atoms with E-state index in [4.69, 9.17) is 0 Å². The van der Waals surface area contributed by atoms with Gasteiger partial charge in [0.05, 0.1) is 39.5 Å². The van der Waals surface area contributed by atoms with E-state index in [0.717, 1.165) is 52.8 Å². The van der Waals surface area contributed by atoms with Crippen LogP contribution in [0.3, 0.4) is 0 Å². The minimum Gasteiger partial charge on any atom is -0.368 e. The van der Waals surface area contributed by atoms with Crippen molar-refractivity contribution in [2.45, 2.75) is 32.4 Å². The van der Waals surface area contributed by atoms with Gasteiger partial charge in [-0.25, -0.2) is 4.98 Å². The summed E-state index contributed by atoms with van der Waals surface area (Å²) in [6, 6.07) is 10.5. The van der Waals surface area contributed by atoms with Gasteiger partial charge in [-0.05, 0) is 40.9 Å². The number of aromatic amines is 1. The van der Waals surface area contributed by atoms with Gasteiger partial charge in [0.25, 0.3) is 5.91 Å². The summed E-state index contributed by atoms with van der Waals surface area (Å²) in [5.41, 5.74) is 4.17. The van der Waals surface area contributed by atoms with Gasteiger partial charge >= 0.3 is 0 Å². The second-order valence-electron chi connectivity index (χ2n) is 8.59. The highest BCUT2D eigenvalue weighted by molar-refractivity contribution is 9.10. The van der Waals surface area contributed by atoms with Gasteiger partial charge in [-0.15, -0.1) is 0 Å². The summed E-state index contributed by atoms with van der Waals surface area (Å²) in [6.45, 7) is 5.58. The number of nitrogens with one attached hydrogen (secondary N) is 3. The van der Waals surface area contributed by atoms with E-state index in [1.807, 2.05) is 42.7 Å². The first-order valence-corrected chi connectivity index (χ1v) is 12.4. The lowest BCUT2D eigenvalue weighted by Gasteiger charge is -2.35. The summed E-state index contributed by atoms with van der Waals surface area (Å²) in [6.07, 6.45) is 9.29. The van der Waals surface area contributed by atoms with Crippen LogP contribution in [-0.2, 0) is 6.54 Å². The lowest BCUT2D eigenvalue weighted by molar-refractivity contribution is 0.102. The fourth-order valence-corrected chi connectivity index (χ4v) is 5.18. The average Bonchev–Trinajstić information content (AvgIpc) is 3.48. The number of piperidine rings is 1. The number of carbonyl (C=O) groups is 1. The molecule has 0 bridgehead atoms. The van der Waals surface area contributed by atoms with Gasteiger partial charge in [-0.2, -0.15) is 5.10 Å². The molecule has 0 radical (unpaired) electrons. The van der Waals surface area contributed by atoms with Crippen molar-refractivity contribution in [1.29, 1.82) is 0 Å². The molecule has 0 unspecified atom stereocenters. The molecule has 3 N–H and O–H groups in total. The number of anilines is 2. The number of benzene rings is 1. The summed E-state index contributed by atoms with van der Waals surface area (Å²) in [5, 5.41) is 11.9. The van der Waals surface area contributed by atoms with Crippen molar-refractivity contribution in [3.8, 4) is 0 Å². The number of rotatable bonds is 7. The van der Waals surface area contributed by atoms with Gasteiger partial charge in [0.2, 0.25) is 0 Å². The molecule has 1 aromatic carbocycles. The van der Waals surface area contributed by atoms with Crippen molar-refractivity contribution in [2.24, 2.45) is 0 Å². The molecule has 9 heteroatoms. The van der Waals surface area contributed by atoms with Crippen LogP contribution in [0.15, 0.2) is 59.6 Å². The molecule has 1 fully saturated rings. The Morgan fingerprint density at radius 3 is 2.94 bits per heavy atom. The largest absolute Gasteiger partial charge is 0.368 e. The van der Waals surface area contributed by atoms with Crippen molar-refractivity contribution in [3.05, 3.63) is 70.7 Å². The molecule has 0 spiro atoms. The summed E-state index contributed by atoms with van der Waals surface area (Å²) < 4.78 is 2.69. The fourth-order valence-electron chi connectivity index (χ4n) is 4.63. The summed E-state index contributed by atoms with van der Waals surface area (Å²) in [5.74, 6) is -0.199. The highest BCUT2D eigenvalue weighted by atomic mass is 79.9. The molecular formula is C25H28BrN7O. The van der Waals surface area contributed by atoms with Crippen LogP contribution in [0.4, 0.5) is 11.4 Å². The van der Waals surface area contributed by atoms with Crippen LogP contribution in [0.1, 0.15) is 35.7 Å². The molecule has 4 heterocycles. The van der Waals surface area contributed by atoms with E-state index >= 15 is 0 Å². The third-order valence-electron chi connectivity index (χ3n) is 6.19. The molecule has 1 amide bonds. The second-order valence-corrected chi connectivity index (χ2v) is 9.44. The number of hydrogen-bond donors (Lipinski definition) is 3. The van der Waals surface area contributed by atoms with Crippen molar-refractivity contribution in [2.75, 3.05) is 29.9 Å². The van der Waals surface area contributed by atoms with Crippen LogP contribution >= 0.6 is 15.9 Å². The minimum absolute atomic E-state index is 0.199. The second kappa shape index (κ2) is 9.99. The first kappa shape index (κ1) is 22.6. The highest BCUT2D eigenvalue weighted by Crippen LogP contribution is 2.39. The Kier molecular flexibility index (Phi) is 6.64. The molecule has 5 rings (SSSR count). The number of carbonyl (C=O) groups excluding carboxylic acids is 1. The van der Waals surface area contributed by atoms with Gasteiger partial charge in [0, 0.05) is 37.7 Å². The lowest BCUT2D eigenvalue weighted by atomic mass is 10.0. The van der Waals surface area contributed by atoms with Gasteiger partial charge < -0.3 is 20.5 Å². The van der Waals surface area contributed by atoms with Crippen molar-refractivity contribution < 1.29 is 4.79 Å². The van der Waals surface area contributed by atoms with Crippen LogP contribution in [0, 0.1) is 0 Å². The Hall–Kier alpha value is -3.17. The third kappa shape index (κ3) is 4.71. The summed E-state index contributed by atoms with van der Waals surface area (Å²) >= 11 is 3.71. The van der Waals surface area contributed by atoms with Gasteiger partial charge in [0.1, 0.15) is 5.65 Å². The van der Waals surface area contributed by atoms with Crippen molar-refractivity contribution in [1.82, 2.24) is 25.1 Å². The van der Waals surface area contributed by atoms with E-state index < -0.39 is 0 Å². The van der Waals surface area contributed by atoms with Crippen LogP contribution in [0.5, 0.6) is 0 Å². The monoisotopic (exact) mass is 521 g/mol. The summed E-state index contributed by atoms with van der Waals surface area (Å²) in [7, 11) is 0. The zero-order valence-electron chi connectivity index (χ0n) is 19.1. The Morgan fingerprint density at radius 2 is 2.12 bits per heavy atom. The quantitative estimate of drug-likeness (QED) is 0.335. The van der Waals surface area contributed by atoms with Gasteiger partial charge in [-0.1, -0.05) is 37.3 Å². The number of amides is 1. The number of halogens is 1. The molecule has 0 aliphatic carbocycles. The lowest BCUT2D eigenvalue weighted by Crippen LogP contribution is -2.45. The molecule has 4 aromatic rings. The molecule has 1 atom stereocenters. The number of fused-ring (bicyclic) bond motifs is 1. The fraction of sp³-hybridized carbons (Fsp3) is 0.320. The average molecular weight is 522 g/mol. The van der Waals surface area contributed by atoms with Crippen molar-refractivity contribution in [3.63, 3.8) is 0 Å². The maximum absolute atomic E-state index is 13.1. The van der Waals surface area contributed by atoms with E-state index in [1.54, 1.807) is 17.1 Å². The topological polar surface area (TPSA) is 90.9 Å². The predicted octanol–water partition coefficient (Wildman–Crippen LogP) is 4.40. The van der Waals surface area contributed by atoms with Crippen LogP contribution in [0.2, 0.25) is 0 Å². The van der Waals surface area contributed by atoms with E-state index in [2.05, 4.69) is 53.5 Å². The van der Waals surface area contributed by atoms with E-state index in [0.29, 0.717) is 23.8 Å².